The molecule has 0 aromatic heterocycles. The van der Waals surface area contributed by atoms with Crippen molar-refractivity contribution in [2.75, 3.05) is 13.7 Å². The Morgan fingerprint density at radius 2 is 2.17 bits per heavy atom. The molecular weight excluding hydrogens is 154 g/mol. The van der Waals surface area contributed by atoms with Gasteiger partial charge in [0.25, 0.3) is 0 Å². The highest BCUT2D eigenvalue weighted by atomic mass is 16.5. The number of nitrogens with two attached hydrogens (primary N) is 1. The summed E-state index contributed by atoms with van der Waals surface area (Å²) in [7, 11) is 1.40. The van der Waals surface area contributed by atoms with Crippen LogP contribution >= 0.6 is 0 Å². The summed E-state index contributed by atoms with van der Waals surface area (Å²) >= 11 is 0. The summed E-state index contributed by atoms with van der Waals surface area (Å²) in [6, 6.07) is 0. The number of unbranched alkanes of at least 4 members (excludes halogenated alkanes) is 1. The summed E-state index contributed by atoms with van der Waals surface area (Å²) in [6.07, 6.45) is 2.90. The van der Waals surface area contributed by atoms with Gasteiger partial charge in [-0.15, -0.1) is 0 Å². The first-order valence-corrected chi connectivity index (χ1v) is 4.39. The summed E-state index contributed by atoms with van der Waals surface area (Å²) in [6.45, 7) is 4.31. The zero-order valence-electron chi connectivity index (χ0n) is 8.22. The van der Waals surface area contributed by atoms with E-state index in [2.05, 4.69) is 11.7 Å². The molecule has 3 nitrogen and oxygen atoms in total. The van der Waals surface area contributed by atoms with Gasteiger partial charge in [-0.05, 0) is 13.3 Å². The summed E-state index contributed by atoms with van der Waals surface area (Å²) in [5, 5.41) is 0. The molecule has 0 aliphatic rings. The molecule has 1 unspecified atom stereocenters. The maximum absolute atomic E-state index is 11.3. The lowest BCUT2D eigenvalue weighted by Gasteiger charge is -2.24. The van der Waals surface area contributed by atoms with Gasteiger partial charge in [-0.1, -0.05) is 19.8 Å². The van der Waals surface area contributed by atoms with Gasteiger partial charge >= 0.3 is 5.97 Å². The molecule has 0 radical (unpaired) electrons. The second kappa shape index (κ2) is 5.14. The van der Waals surface area contributed by atoms with E-state index in [4.69, 9.17) is 5.73 Å². The van der Waals surface area contributed by atoms with E-state index in [1.807, 2.05) is 6.92 Å². The standard InChI is InChI=1S/C9H19NO2/c1-4-5-6-9(2,7-10)8(11)12-3/h4-7,10H2,1-3H3. The van der Waals surface area contributed by atoms with E-state index in [-0.39, 0.29) is 5.97 Å². The third-order valence-electron chi connectivity index (χ3n) is 2.21. The lowest BCUT2D eigenvalue weighted by Crippen LogP contribution is -2.36. The van der Waals surface area contributed by atoms with Crippen LogP contribution in [0, 0.1) is 5.41 Å². The number of esters is 1. The third-order valence-corrected chi connectivity index (χ3v) is 2.21. The third kappa shape index (κ3) is 2.81. The molecule has 0 rings (SSSR count). The summed E-state index contributed by atoms with van der Waals surface area (Å²) < 4.78 is 4.68. The lowest BCUT2D eigenvalue weighted by molar-refractivity contribution is -0.151. The number of methoxy groups -OCH3 is 1. The smallest absolute Gasteiger partial charge is 0.312 e. The molecule has 0 aliphatic carbocycles. The molecule has 0 aromatic carbocycles. The van der Waals surface area contributed by atoms with E-state index in [1.165, 1.54) is 7.11 Å². The normalized spacial score (nSPS) is 15.3. The monoisotopic (exact) mass is 173 g/mol. The van der Waals surface area contributed by atoms with Crippen LogP contribution in [0.15, 0.2) is 0 Å². The van der Waals surface area contributed by atoms with Gasteiger partial charge in [0, 0.05) is 6.54 Å². The highest BCUT2D eigenvalue weighted by Gasteiger charge is 2.31. The minimum absolute atomic E-state index is 0.196. The Morgan fingerprint density at radius 3 is 2.50 bits per heavy atom. The Hall–Kier alpha value is -0.570. The highest BCUT2D eigenvalue weighted by Crippen LogP contribution is 2.23. The first-order valence-electron chi connectivity index (χ1n) is 4.39. The van der Waals surface area contributed by atoms with Crippen LogP contribution in [0.25, 0.3) is 0 Å². The molecule has 0 heterocycles. The number of hydrogen-bond acceptors (Lipinski definition) is 3. The number of hydrogen-bond donors (Lipinski definition) is 1. The molecule has 2 N–H and O–H groups in total. The van der Waals surface area contributed by atoms with Crippen LogP contribution in [0.3, 0.4) is 0 Å². The van der Waals surface area contributed by atoms with Gasteiger partial charge in [-0.3, -0.25) is 4.79 Å². The molecule has 3 heteroatoms. The molecule has 0 aliphatic heterocycles. The van der Waals surface area contributed by atoms with Crippen molar-refractivity contribution in [1.82, 2.24) is 0 Å². The Morgan fingerprint density at radius 1 is 1.58 bits per heavy atom. The average Bonchev–Trinajstić information content (AvgIpc) is 2.12. The molecule has 1 atom stereocenters. The first kappa shape index (κ1) is 11.4. The van der Waals surface area contributed by atoms with Gasteiger partial charge in [0.15, 0.2) is 0 Å². The summed E-state index contributed by atoms with van der Waals surface area (Å²) in [5.41, 5.74) is 5.04. The SMILES string of the molecule is CCCCC(C)(CN)C(=O)OC. The van der Waals surface area contributed by atoms with Crippen molar-refractivity contribution in [1.29, 1.82) is 0 Å². The van der Waals surface area contributed by atoms with Crippen LogP contribution < -0.4 is 5.73 Å². The van der Waals surface area contributed by atoms with Gasteiger partial charge in [0.05, 0.1) is 12.5 Å². The molecule has 72 valence electrons. The van der Waals surface area contributed by atoms with Crippen LogP contribution in [-0.2, 0) is 9.53 Å². The van der Waals surface area contributed by atoms with Gasteiger partial charge in [-0.25, -0.2) is 0 Å². The van der Waals surface area contributed by atoms with Crippen molar-refractivity contribution < 1.29 is 9.53 Å². The predicted molar refractivity (Wildman–Crippen MR) is 48.7 cm³/mol. The minimum atomic E-state index is -0.481. The van der Waals surface area contributed by atoms with Gasteiger partial charge in [-0.2, -0.15) is 0 Å². The molecular formula is C9H19NO2. The first-order chi connectivity index (χ1) is 5.60. The van der Waals surface area contributed by atoms with Crippen molar-refractivity contribution in [3.05, 3.63) is 0 Å². The average molecular weight is 173 g/mol. The second-order valence-corrected chi connectivity index (χ2v) is 3.36. The Bertz CT molecular complexity index is 147. The Labute approximate surface area is 74.3 Å². The maximum Gasteiger partial charge on any atom is 0.312 e. The van der Waals surface area contributed by atoms with Gasteiger partial charge in [0.1, 0.15) is 0 Å². The van der Waals surface area contributed by atoms with E-state index in [1.54, 1.807) is 0 Å². The van der Waals surface area contributed by atoms with E-state index in [9.17, 15) is 4.79 Å². The molecule has 0 fully saturated rings. The van der Waals surface area contributed by atoms with Crippen LogP contribution in [0.4, 0.5) is 0 Å². The van der Waals surface area contributed by atoms with E-state index >= 15 is 0 Å². The predicted octanol–water partition coefficient (Wildman–Crippen LogP) is 1.31. The van der Waals surface area contributed by atoms with Gasteiger partial charge < -0.3 is 10.5 Å². The van der Waals surface area contributed by atoms with Crippen molar-refractivity contribution in [2.24, 2.45) is 11.1 Å². The molecule has 0 saturated heterocycles. The Balaban J connectivity index is 4.13. The van der Waals surface area contributed by atoms with E-state index < -0.39 is 5.41 Å². The van der Waals surface area contributed by atoms with E-state index in [0.717, 1.165) is 19.3 Å². The summed E-state index contributed by atoms with van der Waals surface area (Å²) in [4.78, 5) is 11.3. The number of carbonyl (C=O) groups is 1. The zero-order chi connectivity index (χ0) is 9.61. The quantitative estimate of drug-likeness (QED) is 0.638. The van der Waals surface area contributed by atoms with Crippen molar-refractivity contribution in [3.8, 4) is 0 Å². The fourth-order valence-corrected chi connectivity index (χ4v) is 1.10. The number of carbonyl (C=O) groups excluding carboxylic acids is 1. The van der Waals surface area contributed by atoms with Crippen LogP contribution in [0.1, 0.15) is 33.1 Å². The maximum atomic E-state index is 11.3. The largest absolute Gasteiger partial charge is 0.469 e. The van der Waals surface area contributed by atoms with Crippen molar-refractivity contribution in [2.45, 2.75) is 33.1 Å². The fourth-order valence-electron chi connectivity index (χ4n) is 1.10. The summed E-state index contributed by atoms with van der Waals surface area (Å²) in [5.74, 6) is -0.196. The van der Waals surface area contributed by atoms with Gasteiger partial charge in [0.2, 0.25) is 0 Å². The van der Waals surface area contributed by atoms with Crippen molar-refractivity contribution >= 4 is 5.97 Å². The Kier molecular flexibility index (Phi) is 4.90. The molecule has 0 spiro atoms. The second-order valence-electron chi connectivity index (χ2n) is 3.36. The lowest BCUT2D eigenvalue weighted by atomic mass is 9.85. The van der Waals surface area contributed by atoms with Crippen molar-refractivity contribution in [3.63, 3.8) is 0 Å². The minimum Gasteiger partial charge on any atom is -0.469 e. The van der Waals surface area contributed by atoms with Crippen LogP contribution in [-0.4, -0.2) is 19.6 Å². The van der Waals surface area contributed by atoms with Crippen LogP contribution in [0.5, 0.6) is 0 Å². The van der Waals surface area contributed by atoms with E-state index in [0.29, 0.717) is 6.54 Å². The zero-order valence-corrected chi connectivity index (χ0v) is 8.22. The van der Waals surface area contributed by atoms with Crippen LogP contribution in [0.2, 0.25) is 0 Å². The molecule has 0 saturated carbocycles. The number of rotatable bonds is 5. The molecule has 0 aromatic rings. The fraction of sp³-hybridized carbons (Fsp3) is 0.889. The topological polar surface area (TPSA) is 52.3 Å². The molecule has 0 bridgehead atoms. The number of ether oxygens (including phenoxy) is 1. The highest BCUT2D eigenvalue weighted by molar-refractivity contribution is 5.76. The molecule has 0 amide bonds. The molecule has 12 heavy (non-hydrogen) atoms.